The number of nitrogens with one attached hydrogen (secondary N) is 1. The van der Waals surface area contributed by atoms with Crippen LogP contribution < -0.4 is 5.43 Å². The predicted molar refractivity (Wildman–Crippen MR) is 168 cm³/mol. The Bertz CT molecular complexity index is 1200. The van der Waals surface area contributed by atoms with E-state index in [4.69, 9.17) is 4.74 Å². The van der Waals surface area contributed by atoms with Gasteiger partial charge in [0.2, 0.25) is 0 Å². The van der Waals surface area contributed by atoms with Crippen LogP contribution in [0.3, 0.4) is 0 Å². The fraction of sp³-hybridized carbons (Fsp3) is 0.758. The number of nitro benzene ring substituents is 2. The number of cyclic esters (lactones) is 1. The molecule has 7 atom stereocenters. The molecule has 2 aliphatic carbocycles. The average Bonchev–Trinajstić information content (AvgIpc) is 3.20. The van der Waals surface area contributed by atoms with Crippen molar-refractivity contribution in [3.05, 3.63) is 38.4 Å². The first kappa shape index (κ1) is 32.9. The number of carbonyl (C=O) groups excluding carboxylic acids is 1. The number of esters is 1. The molecule has 10 nitrogen and oxygen atoms in total. The number of anilines is 1. The minimum absolute atomic E-state index is 0.101. The van der Waals surface area contributed by atoms with Crippen molar-refractivity contribution in [2.75, 3.05) is 5.43 Å². The van der Waals surface area contributed by atoms with E-state index in [0.29, 0.717) is 30.6 Å². The molecule has 3 aliphatic rings. The molecule has 238 valence electrons. The van der Waals surface area contributed by atoms with E-state index in [-0.39, 0.29) is 34.6 Å². The summed E-state index contributed by atoms with van der Waals surface area (Å²) in [5, 5.41) is 27.1. The van der Waals surface area contributed by atoms with Gasteiger partial charge < -0.3 is 4.74 Å². The van der Waals surface area contributed by atoms with Crippen LogP contribution in [0.2, 0.25) is 0 Å². The van der Waals surface area contributed by atoms with Gasteiger partial charge in [0.05, 0.1) is 15.9 Å². The van der Waals surface area contributed by atoms with Gasteiger partial charge in [-0.3, -0.25) is 30.4 Å². The van der Waals surface area contributed by atoms with Crippen molar-refractivity contribution >= 4 is 29.2 Å². The molecule has 0 spiro atoms. The quantitative estimate of drug-likeness (QED) is 0.110. The van der Waals surface area contributed by atoms with Crippen LogP contribution in [0, 0.1) is 61.2 Å². The van der Waals surface area contributed by atoms with E-state index in [0.717, 1.165) is 50.5 Å². The number of ether oxygens (including phenoxy) is 1. The molecule has 3 fully saturated rings. The van der Waals surface area contributed by atoms with Gasteiger partial charge in [-0.15, -0.1) is 0 Å². The van der Waals surface area contributed by atoms with Crippen LogP contribution in [0.5, 0.6) is 0 Å². The molecule has 4 rings (SSSR count). The second-order valence-corrected chi connectivity index (χ2v) is 14.3. The van der Waals surface area contributed by atoms with Crippen LogP contribution in [-0.2, 0) is 9.53 Å². The van der Waals surface area contributed by atoms with Crippen LogP contribution in [0.1, 0.15) is 112 Å². The first-order valence-electron chi connectivity index (χ1n) is 16.3. The Morgan fingerprint density at radius 3 is 2.51 bits per heavy atom. The number of carbonyl (C=O) groups is 1. The van der Waals surface area contributed by atoms with Crippen molar-refractivity contribution < 1.29 is 19.4 Å². The van der Waals surface area contributed by atoms with Crippen LogP contribution in [-0.4, -0.2) is 27.6 Å². The topological polar surface area (TPSA) is 137 Å². The van der Waals surface area contributed by atoms with Gasteiger partial charge in [0.25, 0.3) is 5.69 Å². The van der Waals surface area contributed by atoms with E-state index in [1.807, 2.05) is 0 Å². The zero-order chi connectivity index (χ0) is 31.4. The maximum atomic E-state index is 12.6. The minimum atomic E-state index is -0.652. The summed E-state index contributed by atoms with van der Waals surface area (Å²) in [5.74, 6) is 2.90. The fourth-order valence-corrected chi connectivity index (χ4v) is 8.94. The number of benzene rings is 1. The summed E-state index contributed by atoms with van der Waals surface area (Å²) < 4.78 is 6.22. The third-order valence-electron chi connectivity index (χ3n) is 11.1. The number of hydrogen-bond acceptors (Lipinski definition) is 8. The highest BCUT2D eigenvalue weighted by Crippen LogP contribution is 2.63. The Morgan fingerprint density at radius 2 is 1.81 bits per heavy atom. The summed E-state index contributed by atoms with van der Waals surface area (Å²) in [7, 11) is 0. The Kier molecular flexibility index (Phi) is 10.5. The average molecular weight is 599 g/mol. The highest BCUT2D eigenvalue weighted by Gasteiger charge is 2.58. The fourth-order valence-electron chi connectivity index (χ4n) is 8.94. The van der Waals surface area contributed by atoms with Crippen molar-refractivity contribution in [1.29, 1.82) is 0 Å². The van der Waals surface area contributed by atoms with Crippen molar-refractivity contribution in [3.63, 3.8) is 0 Å². The molecule has 2 saturated carbocycles. The van der Waals surface area contributed by atoms with Gasteiger partial charge in [0.1, 0.15) is 11.3 Å². The molecule has 1 aliphatic heterocycles. The van der Waals surface area contributed by atoms with Crippen LogP contribution in [0.25, 0.3) is 0 Å². The zero-order valence-electron chi connectivity index (χ0n) is 26.5. The number of rotatable bonds is 12. The lowest BCUT2D eigenvalue weighted by Gasteiger charge is -2.53. The number of fused-ring (bicyclic) bond motifs is 1. The Balaban J connectivity index is 1.56. The van der Waals surface area contributed by atoms with Gasteiger partial charge in [-0.05, 0) is 99.4 Å². The van der Waals surface area contributed by atoms with Crippen molar-refractivity contribution in [2.45, 2.75) is 117 Å². The maximum Gasteiger partial charge on any atom is 0.306 e. The first-order valence-corrected chi connectivity index (χ1v) is 16.3. The van der Waals surface area contributed by atoms with E-state index < -0.39 is 21.1 Å². The van der Waals surface area contributed by atoms with E-state index >= 15 is 0 Å². The van der Waals surface area contributed by atoms with Crippen molar-refractivity contribution in [3.8, 4) is 0 Å². The van der Waals surface area contributed by atoms with Crippen LogP contribution in [0.4, 0.5) is 17.1 Å². The lowest BCUT2D eigenvalue weighted by atomic mass is 9.53. The molecular weight excluding hydrogens is 548 g/mol. The number of nitrogens with zero attached hydrogens (tertiary/aromatic N) is 3. The molecule has 1 N–H and O–H groups in total. The molecule has 0 amide bonds. The smallest absolute Gasteiger partial charge is 0.306 e. The molecule has 0 radical (unpaired) electrons. The SMILES string of the molecule is CC(C)CCC[C@@H](C)[C@H]1CCC2[C@H](C/C=N/Nc3ccc([N+](=O)[O-])cc3[N+](=O)[O-])C(C3(C)CCCCC(=O)O3)CC[C@@]21C. The number of non-ortho nitro benzene ring substituents is 1. The van der Waals surface area contributed by atoms with Gasteiger partial charge in [0.15, 0.2) is 0 Å². The standard InChI is InChI=1S/C33H50N4O6/c1-22(2)9-8-10-23(3)26-13-14-27-25(17-20-34-35-29-15-12-24(36(39)40)21-30(29)37(41)42)28(16-19-32(26,27)4)33(5)18-7-6-11-31(38)43-33/h12,15,20-23,25-28,35H,6-11,13-14,16-19H2,1-5H3/b34-20+/t23-,25+,26-,27?,28?,32-,33?/m1/s1. The molecule has 1 aromatic carbocycles. The van der Waals surface area contributed by atoms with Gasteiger partial charge >= 0.3 is 11.7 Å². The molecule has 1 aromatic rings. The molecule has 3 unspecified atom stereocenters. The summed E-state index contributed by atoms with van der Waals surface area (Å²) in [6, 6.07) is 3.50. The van der Waals surface area contributed by atoms with E-state index in [1.54, 1.807) is 6.21 Å². The molecule has 0 bridgehead atoms. The minimum Gasteiger partial charge on any atom is -0.459 e. The summed E-state index contributed by atoms with van der Waals surface area (Å²) in [6.07, 6.45) is 13.9. The molecule has 1 saturated heterocycles. The summed E-state index contributed by atoms with van der Waals surface area (Å²) in [5.41, 5.74) is 1.84. The van der Waals surface area contributed by atoms with Gasteiger partial charge in [-0.2, -0.15) is 5.10 Å². The molecular formula is C33H50N4O6. The highest BCUT2D eigenvalue weighted by molar-refractivity contribution is 5.70. The van der Waals surface area contributed by atoms with E-state index in [9.17, 15) is 25.0 Å². The summed E-state index contributed by atoms with van der Waals surface area (Å²) in [6.45, 7) is 11.7. The van der Waals surface area contributed by atoms with Gasteiger partial charge in [-0.25, -0.2) is 0 Å². The number of nitro groups is 2. The second kappa shape index (κ2) is 13.7. The number of hydrogen-bond donors (Lipinski definition) is 1. The van der Waals surface area contributed by atoms with E-state index in [1.165, 1.54) is 37.8 Å². The lowest BCUT2D eigenvalue weighted by Crippen LogP contribution is -2.51. The Labute approximate surface area is 255 Å². The van der Waals surface area contributed by atoms with Gasteiger partial charge in [-0.1, -0.05) is 47.0 Å². The van der Waals surface area contributed by atoms with Crippen LogP contribution >= 0.6 is 0 Å². The van der Waals surface area contributed by atoms with Crippen molar-refractivity contribution in [2.24, 2.45) is 46.0 Å². The molecule has 1 heterocycles. The number of hydrazone groups is 1. The largest absolute Gasteiger partial charge is 0.459 e. The monoisotopic (exact) mass is 598 g/mol. The van der Waals surface area contributed by atoms with Crippen LogP contribution in [0.15, 0.2) is 23.3 Å². The normalized spacial score (nSPS) is 31.8. The molecule has 10 heteroatoms. The Hall–Kier alpha value is -3.04. The predicted octanol–water partition coefficient (Wildman–Crippen LogP) is 8.69. The summed E-state index contributed by atoms with van der Waals surface area (Å²) in [4.78, 5) is 34.0. The lowest BCUT2D eigenvalue weighted by molar-refractivity contribution is -0.393. The second-order valence-electron chi connectivity index (χ2n) is 14.3. The maximum absolute atomic E-state index is 12.6. The third-order valence-corrected chi connectivity index (χ3v) is 11.1. The van der Waals surface area contributed by atoms with E-state index in [2.05, 4.69) is 45.1 Å². The molecule has 43 heavy (non-hydrogen) atoms. The highest BCUT2D eigenvalue weighted by atomic mass is 16.6. The van der Waals surface area contributed by atoms with Crippen molar-refractivity contribution in [1.82, 2.24) is 0 Å². The first-order chi connectivity index (χ1) is 20.4. The summed E-state index contributed by atoms with van der Waals surface area (Å²) >= 11 is 0. The van der Waals surface area contributed by atoms with Gasteiger partial charge in [0, 0.05) is 24.6 Å². The Morgan fingerprint density at radius 1 is 1.05 bits per heavy atom. The molecule has 0 aromatic heterocycles. The zero-order valence-corrected chi connectivity index (χ0v) is 26.5. The third kappa shape index (κ3) is 7.37.